The number of carbonyl (C=O) groups is 2. The Hall–Kier alpha value is -2.57. The Balaban J connectivity index is 1.58. The maximum absolute atomic E-state index is 12.7. The Labute approximate surface area is 187 Å². The van der Waals surface area contributed by atoms with Gasteiger partial charge in [-0.1, -0.05) is 33.6 Å². The smallest absolute Gasteiger partial charge is 0.256 e. The number of nitrogens with one attached hydrogen (secondary N) is 1. The molecule has 1 aromatic heterocycles. The summed E-state index contributed by atoms with van der Waals surface area (Å²) in [6.07, 6.45) is 5.99. The van der Waals surface area contributed by atoms with Crippen molar-refractivity contribution >= 4 is 67.6 Å². The number of likely N-dealkylation sites (tertiary alicyclic amines) is 1. The van der Waals surface area contributed by atoms with E-state index in [1.807, 2.05) is 46.0 Å². The van der Waals surface area contributed by atoms with Gasteiger partial charge in [0, 0.05) is 56.4 Å². The van der Waals surface area contributed by atoms with Crippen molar-refractivity contribution in [1.29, 1.82) is 0 Å². The summed E-state index contributed by atoms with van der Waals surface area (Å²) in [6.45, 7) is 1.96. The fourth-order valence-electron chi connectivity index (χ4n) is 4.22. The molecule has 1 saturated heterocycles. The van der Waals surface area contributed by atoms with E-state index in [0.29, 0.717) is 22.8 Å². The van der Waals surface area contributed by atoms with Crippen LogP contribution in [0.15, 0.2) is 47.1 Å². The summed E-state index contributed by atoms with van der Waals surface area (Å²) >= 11 is 9.60. The molecule has 1 N–H and O–H groups in total. The molecule has 0 unspecified atom stereocenters. The predicted octanol–water partition coefficient (Wildman–Crippen LogP) is 5.17. The van der Waals surface area contributed by atoms with Crippen LogP contribution in [0, 0.1) is 0 Å². The minimum atomic E-state index is -0.156. The molecule has 0 atom stereocenters. The topological polar surface area (TPSA) is 54.3 Å². The molecule has 2 amide bonds. The van der Waals surface area contributed by atoms with Crippen LogP contribution in [0.25, 0.3) is 22.6 Å². The number of benzene rings is 2. The molecular weight excluding hydrogens is 466 g/mol. The molecule has 30 heavy (non-hydrogen) atoms. The lowest BCUT2D eigenvalue weighted by molar-refractivity contribution is -0.130. The van der Waals surface area contributed by atoms with Gasteiger partial charge in [-0.05, 0) is 49.2 Å². The van der Waals surface area contributed by atoms with Gasteiger partial charge in [0.15, 0.2) is 0 Å². The highest BCUT2D eigenvalue weighted by Crippen LogP contribution is 2.36. The zero-order valence-electron chi connectivity index (χ0n) is 16.1. The van der Waals surface area contributed by atoms with Gasteiger partial charge in [-0.3, -0.25) is 9.59 Å². The Kier molecular flexibility index (Phi) is 4.91. The number of hydrogen-bond donors (Lipinski definition) is 1. The molecule has 3 aromatic rings. The first-order valence-corrected chi connectivity index (χ1v) is 11.1. The summed E-state index contributed by atoms with van der Waals surface area (Å²) in [7, 11) is 0. The van der Waals surface area contributed by atoms with Crippen molar-refractivity contribution in [2.24, 2.45) is 0 Å². The number of amides is 2. The largest absolute Gasteiger partial charge is 0.341 e. The van der Waals surface area contributed by atoms with Crippen LogP contribution in [-0.4, -0.2) is 34.4 Å². The van der Waals surface area contributed by atoms with Gasteiger partial charge in [-0.2, -0.15) is 0 Å². The van der Waals surface area contributed by atoms with Crippen molar-refractivity contribution < 1.29 is 9.59 Å². The van der Waals surface area contributed by atoms with Gasteiger partial charge >= 0.3 is 0 Å². The van der Waals surface area contributed by atoms with E-state index in [1.165, 1.54) is 0 Å². The monoisotopic (exact) mass is 483 g/mol. The lowest BCUT2D eigenvalue weighted by Crippen LogP contribution is -2.30. The van der Waals surface area contributed by atoms with E-state index < -0.39 is 0 Å². The van der Waals surface area contributed by atoms with Gasteiger partial charge in [0.25, 0.3) is 5.91 Å². The summed E-state index contributed by atoms with van der Waals surface area (Å²) in [5.41, 5.74) is 3.99. The molecule has 152 valence electrons. The standard InChI is InChI=1S/C23H19BrClN3O2/c24-15-3-6-21-18(10-15)14(12-28(21)13-22(29)27-7-1-2-8-27)9-19-17-5-4-16(25)11-20(17)26-23(19)30/h3-6,9-12H,1-2,7-8,13H2,(H,26,30)/b19-9+. The fraction of sp³-hybridized carbons (Fsp3) is 0.217. The van der Waals surface area contributed by atoms with Gasteiger partial charge in [-0.15, -0.1) is 0 Å². The predicted molar refractivity (Wildman–Crippen MR) is 123 cm³/mol. The first-order valence-electron chi connectivity index (χ1n) is 9.89. The minimum absolute atomic E-state index is 0.130. The molecule has 0 radical (unpaired) electrons. The van der Waals surface area contributed by atoms with E-state index in [9.17, 15) is 9.59 Å². The van der Waals surface area contributed by atoms with E-state index in [4.69, 9.17) is 11.6 Å². The third-order valence-electron chi connectivity index (χ3n) is 5.70. The van der Waals surface area contributed by atoms with Crippen LogP contribution in [0.3, 0.4) is 0 Å². The molecule has 0 saturated carbocycles. The summed E-state index contributed by atoms with van der Waals surface area (Å²) in [4.78, 5) is 27.3. The second-order valence-corrected chi connectivity index (χ2v) is 9.02. The molecule has 0 aliphatic carbocycles. The second kappa shape index (κ2) is 7.60. The maximum atomic E-state index is 12.7. The van der Waals surface area contributed by atoms with Crippen molar-refractivity contribution in [3.05, 3.63) is 63.2 Å². The lowest BCUT2D eigenvalue weighted by Gasteiger charge is -2.16. The number of rotatable bonds is 3. The van der Waals surface area contributed by atoms with E-state index >= 15 is 0 Å². The van der Waals surface area contributed by atoms with Crippen molar-refractivity contribution in [3.8, 4) is 0 Å². The first-order chi connectivity index (χ1) is 14.5. The quantitative estimate of drug-likeness (QED) is 0.521. The average Bonchev–Trinajstić information content (AvgIpc) is 3.42. The lowest BCUT2D eigenvalue weighted by atomic mass is 10.0. The van der Waals surface area contributed by atoms with Gasteiger partial charge in [-0.25, -0.2) is 0 Å². The highest BCUT2D eigenvalue weighted by Gasteiger charge is 2.25. The summed E-state index contributed by atoms with van der Waals surface area (Å²) in [6, 6.07) is 11.4. The zero-order chi connectivity index (χ0) is 20.8. The Bertz CT molecular complexity index is 1220. The van der Waals surface area contributed by atoms with E-state index in [-0.39, 0.29) is 11.8 Å². The van der Waals surface area contributed by atoms with Crippen molar-refractivity contribution in [1.82, 2.24) is 9.47 Å². The number of nitrogens with zero attached hydrogens (tertiary/aromatic N) is 2. The molecule has 5 rings (SSSR count). The zero-order valence-corrected chi connectivity index (χ0v) is 18.5. The summed E-state index contributed by atoms with van der Waals surface area (Å²) < 4.78 is 2.92. The Morgan fingerprint density at radius 1 is 1.17 bits per heavy atom. The molecule has 0 bridgehead atoms. The molecule has 3 heterocycles. The average molecular weight is 485 g/mol. The van der Waals surface area contributed by atoms with Gasteiger partial charge in [0.05, 0.1) is 5.69 Å². The highest BCUT2D eigenvalue weighted by atomic mass is 79.9. The van der Waals surface area contributed by atoms with Crippen molar-refractivity contribution in [2.75, 3.05) is 18.4 Å². The molecule has 2 aliphatic heterocycles. The second-order valence-electron chi connectivity index (χ2n) is 7.66. The number of halogens is 2. The number of fused-ring (bicyclic) bond motifs is 2. The maximum Gasteiger partial charge on any atom is 0.256 e. The SMILES string of the molecule is O=C1Nc2cc(Cl)ccc2/C1=C\c1cn(CC(=O)N2CCCC2)c2ccc(Br)cc12. The third-order valence-corrected chi connectivity index (χ3v) is 6.43. The van der Waals surface area contributed by atoms with Crippen LogP contribution in [0.1, 0.15) is 24.0 Å². The fourth-order valence-corrected chi connectivity index (χ4v) is 4.75. The molecule has 7 heteroatoms. The van der Waals surface area contributed by atoms with Crippen LogP contribution in [0.5, 0.6) is 0 Å². The van der Waals surface area contributed by atoms with Gasteiger partial charge in [0.2, 0.25) is 5.91 Å². The highest BCUT2D eigenvalue weighted by molar-refractivity contribution is 9.10. The van der Waals surface area contributed by atoms with Gasteiger partial charge < -0.3 is 14.8 Å². The molecule has 0 spiro atoms. The van der Waals surface area contributed by atoms with Crippen LogP contribution in [0.2, 0.25) is 5.02 Å². The number of aromatic nitrogens is 1. The number of hydrogen-bond acceptors (Lipinski definition) is 2. The molecule has 2 aromatic carbocycles. The normalized spacial score (nSPS) is 17.1. The van der Waals surface area contributed by atoms with E-state index in [0.717, 1.165) is 52.4 Å². The Morgan fingerprint density at radius 2 is 1.97 bits per heavy atom. The first kappa shape index (κ1) is 19.4. The molecule has 5 nitrogen and oxygen atoms in total. The molecular formula is C23H19BrClN3O2. The number of carbonyl (C=O) groups excluding carboxylic acids is 2. The van der Waals surface area contributed by atoms with Crippen LogP contribution in [-0.2, 0) is 16.1 Å². The van der Waals surface area contributed by atoms with E-state index in [2.05, 4.69) is 21.2 Å². The summed E-state index contributed by atoms with van der Waals surface area (Å²) in [5.74, 6) is -0.0265. The van der Waals surface area contributed by atoms with E-state index in [1.54, 1.807) is 12.1 Å². The van der Waals surface area contributed by atoms with Crippen LogP contribution < -0.4 is 5.32 Å². The molecule has 2 aliphatic rings. The van der Waals surface area contributed by atoms with Gasteiger partial charge in [0.1, 0.15) is 6.54 Å². The van der Waals surface area contributed by atoms with Crippen molar-refractivity contribution in [3.63, 3.8) is 0 Å². The number of anilines is 1. The summed E-state index contributed by atoms with van der Waals surface area (Å²) in [5, 5.41) is 4.44. The van der Waals surface area contributed by atoms with Crippen molar-refractivity contribution in [2.45, 2.75) is 19.4 Å². The third kappa shape index (κ3) is 3.44. The van der Waals surface area contributed by atoms with Crippen LogP contribution in [0.4, 0.5) is 5.69 Å². The van der Waals surface area contributed by atoms with Crippen LogP contribution >= 0.6 is 27.5 Å². The molecule has 1 fully saturated rings. The Morgan fingerprint density at radius 3 is 2.77 bits per heavy atom. The minimum Gasteiger partial charge on any atom is -0.341 e.